The summed E-state index contributed by atoms with van der Waals surface area (Å²) in [6.45, 7) is 0. The van der Waals surface area contributed by atoms with E-state index in [1.165, 1.54) is 24.3 Å². The van der Waals surface area contributed by atoms with E-state index in [1.807, 2.05) is 0 Å². The van der Waals surface area contributed by atoms with Gasteiger partial charge in [-0.1, -0.05) is 49.8 Å². The monoisotopic (exact) mass is 399 g/mol. The molecule has 0 saturated heterocycles. The SMILES string of the molecule is O=C(CCl)Nc1ccc(S(F)(F)(F)(F)F)cc1C(=O)c1ccccc1. The van der Waals surface area contributed by atoms with Crippen molar-refractivity contribution in [3.8, 4) is 0 Å². The van der Waals surface area contributed by atoms with Gasteiger partial charge in [-0.05, 0) is 18.2 Å². The third kappa shape index (κ3) is 4.70. The molecule has 0 spiro atoms. The van der Waals surface area contributed by atoms with Crippen molar-refractivity contribution in [2.45, 2.75) is 4.90 Å². The van der Waals surface area contributed by atoms with E-state index in [1.54, 1.807) is 6.07 Å². The van der Waals surface area contributed by atoms with E-state index in [4.69, 9.17) is 11.6 Å². The van der Waals surface area contributed by atoms with Crippen molar-refractivity contribution < 1.29 is 29.0 Å². The van der Waals surface area contributed by atoms with Gasteiger partial charge in [0.1, 0.15) is 10.8 Å². The van der Waals surface area contributed by atoms with Gasteiger partial charge in [-0.25, -0.2) is 0 Å². The zero-order valence-corrected chi connectivity index (χ0v) is 13.9. The quantitative estimate of drug-likeness (QED) is 0.395. The lowest BCUT2D eigenvalue weighted by atomic mass is 10.0. The number of hydrogen-bond acceptors (Lipinski definition) is 2. The molecule has 10 heteroatoms. The van der Waals surface area contributed by atoms with Gasteiger partial charge in [0, 0.05) is 11.1 Å². The zero-order chi connectivity index (χ0) is 18.9. The molecule has 1 amide bonds. The second kappa shape index (κ2) is 5.70. The third-order valence-electron chi connectivity index (χ3n) is 3.11. The number of carbonyl (C=O) groups is 2. The first-order valence-corrected chi connectivity index (χ1v) is 9.14. The minimum atomic E-state index is -9.99. The molecule has 0 aliphatic carbocycles. The van der Waals surface area contributed by atoms with Gasteiger partial charge in [0.2, 0.25) is 5.91 Å². The number of benzene rings is 2. The van der Waals surface area contributed by atoms with Gasteiger partial charge in [0.25, 0.3) is 0 Å². The molecule has 136 valence electrons. The van der Waals surface area contributed by atoms with Gasteiger partial charge in [0.05, 0.1) is 5.69 Å². The van der Waals surface area contributed by atoms with Crippen molar-refractivity contribution in [2.75, 3.05) is 11.2 Å². The molecule has 0 atom stereocenters. The maximum atomic E-state index is 13.0. The minimum absolute atomic E-state index is 0.0248. The molecule has 0 aromatic heterocycles. The van der Waals surface area contributed by atoms with E-state index in [9.17, 15) is 29.0 Å². The first-order chi connectivity index (χ1) is 11.3. The van der Waals surface area contributed by atoms with E-state index >= 15 is 0 Å². The molecule has 1 N–H and O–H groups in total. The molecule has 0 unspecified atom stereocenters. The molecule has 0 bridgehead atoms. The van der Waals surface area contributed by atoms with Crippen molar-refractivity contribution >= 4 is 39.2 Å². The van der Waals surface area contributed by atoms with Crippen LogP contribution in [0, 0.1) is 0 Å². The Bertz CT molecular complexity index is 841. The topological polar surface area (TPSA) is 46.2 Å². The summed E-state index contributed by atoms with van der Waals surface area (Å²) < 4.78 is 65.2. The number of anilines is 1. The Labute approximate surface area is 144 Å². The lowest BCUT2D eigenvalue weighted by Crippen LogP contribution is -2.17. The smallest absolute Gasteiger partial charge is 0.310 e. The highest BCUT2D eigenvalue weighted by Gasteiger charge is 2.65. The fourth-order valence-corrected chi connectivity index (χ4v) is 2.72. The summed E-state index contributed by atoms with van der Waals surface area (Å²) in [5.41, 5.74) is -1.08. The van der Waals surface area contributed by atoms with Crippen LogP contribution in [0.4, 0.5) is 25.1 Å². The van der Waals surface area contributed by atoms with Gasteiger partial charge in [-0.2, -0.15) is 0 Å². The number of alkyl halides is 1. The Hall–Kier alpha value is -2.13. The lowest BCUT2D eigenvalue weighted by Gasteiger charge is -2.40. The predicted molar refractivity (Wildman–Crippen MR) is 87.1 cm³/mol. The molecule has 0 aliphatic heterocycles. The van der Waals surface area contributed by atoms with Gasteiger partial charge in [-0.15, -0.1) is 11.6 Å². The summed E-state index contributed by atoms with van der Waals surface area (Å²) in [6.07, 6.45) is 0. The number of nitrogens with one attached hydrogen (secondary N) is 1. The highest BCUT2D eigenvalue weighted by Crippen LogP contribution is 3.02. The van der Waals surface area contributed by atoms with Crippen LogP contribution in [-0.2, 0) is 4.79 Å². The predicted octanol–water partition coefficient (Wildman–Crippen LogP) is 5.75. The number of carbonyl (C=O) groups excluding carboxylic acids is 2. The van der Waals surface area contributed by atoms with Crippen LogP contribution in [0.25, 0.3) is 0 Å². The molecule has 0 radical (unpaired) electrons. The highest BCUT2D eigenvalue weighted by atomic mass is 35.5. The Balaban J connectivity index is 2.64. The maximum Gasteiger partial charge on any atom is 0.310 e. The summed E-state index contributed by atoms with van der Waals surface area (Å²) in [5.74, 6) is -2.28. The first-order valence-electron chi connectivity index (χ1n) is 6.65. The van der Waals surface area contributed by atoms with Crippen LogP contribution in [0.5, 0.6) is 0 Å². The molecular formula is C15H11ClF5NO2S. The van der Waals surface area contributed by atoms with E-state index < -0.39 is 38.3 Å². The Morgan fingerprint density at radius 2 is 1.56 bits per heavy atom. The summed E-state index contributed by atoms with van der Waals surface area (Å²) in [5, 5.41) is 2.12. The molecule has 0 aliphatic rings. The second-order valence-electron chi connectivity index (χ2n) is 5.05. The molecule has 2 aromatic carbocycles. The van der Waals surface area contributed by atoms with E-state index in [-0.39, 0.29) is 23.4 Å². The third-order valence-corrected chi connectivity index (χ3v) is 4.50. The maximum absolute atomic E-state index is 13.0. The second-order valence-corrected chi connectivity index (χ2v) is 7.73. The van der Waals surface area contributed by atoms with E-state index in [2.05, 4.69) is 5.32 Å². The molecule has 3 nitrogen and oxygen atoms in total. The summed E-state index contributed by atoms with van der Waals surface area (Å²) >= 11 is 5.31. The van der Waals surface area contributed by atoms with Crippen molar-refractivity contribution in [3.63, 3.8) is 0 Å². The van der Waals surface area contributed by atoms with Crippen LogP contribution in [-0.4, -0.2) is 17.6 Å². The number of amides is 1. The minimum Gasteiger partial charge on any atom is -0.324 e. The fourth-order valence-electron chi connectivity index (χ4n) is 1.99. The van der Waals surface area contributed by atoms with Crippen LogP contribution in [0.3, 0.4) is 0 Å². The molecule has 2 aromatic rings. The summed E-state index contributed by atoms with van der Waals surface area (Å²) in [6, 6.07) is 7.86. The highest BCUT2D eigenvalue weighted by molar-refractivity contribution is 8.45. The number of ketones is 1. The molecule has 0 fully saturated rings. The van der Waals surface area contributed by atoms with Crippen LogP contribution < -0.4 is 5.32 Å². The van der Waals surface area contributed by atoms with Gasteiger partial charge >= 0.3 is 10.2 Å². The Morgan fingerprint density at radius 3 is 2.08 bits per heavy atom. The molecule has 25 heavy (non-hydrogen) atoms. The molecule has 2 rings (SSSR count). The average molecular weight is 400 g/mol. The molecule has 0 saturated carbocycles. The van der Waals surface area contributed by atoms with Gasteiger partial charge < -0.3 is 5.32 Å². The van der Waals surface area contributed by atoms with E-state index in [0.29, 0.717) is 6.07 Å². The van der Waals surface area contributed by atoms with Crippen LogP contribution in [0.2, 0.25) is 0 Å². The fraction of sp³-hybridized carbons (Fsp3) is 0.0667. The number of hydrogen-bond donors (Lipinski definition) is 1. The van der Waals surface area contributed by atoms with Crippen LogP contribution in [0.15, 0.2) is 53.4 Å². The van der Waals surface area contributed by atoms with Crippen molar-refractivity contribution in [2.24, 2.45) is 0 Å². The average Bonchev–Trinajstić information content (AvgIpc) is 2.53. The van der Waals surface area contributed by atoms with Crippen molar-refractivity contribution in [1.82, 2.24) is 0 Å². The van der Waals surface area contributed by atoms with Crippen molar-refractivity contribution in [3.05, 3.63) is 59.7 Å². The number of halogens is 6. The van der Waals surface area contributed by atoms with Crippen LogP contribution >= 0.6 is 21.8 Å². The first kappa shape index (κ1) is 19.2. The number of rotatable bonds is 5. The van der Waals surface area contributed by atoms with Crippen molar-refractivity contribution in [1.29, 1.82) is 0 Å². The Morgan fingerprint density at radius 1 is 0.960 bits per heavy atom. The largest absolute Gasteiger partial charge is 0.324 e. The van der Waals surface area contributed by atoms with Crippen LogP contribution in [0.1, 0.15) is 15.9 Å². The molecule has 0 heterocycles. The zero-order valence-electron chi connectivity index (χ0n) is 12.3. The summed E-state index contributed by atoms with van der Waals surface area (Å²) in [4.78, 5) is 21.6. The standard InChI is InChI=1S/C15H11ClF5NO2S/c16-9-14(23)22-13-7-6-11(25(17,18,19,20)21)8-12(13)15(24)10-4-2-1-3-5-10/h1-8H,9H2,(H,22,23). The lowest BCUT2D eigenvalue weighted by molar-refractivity contribution is -0.113. The van der Waals surface area contributed by atoms with Gasteiger partial charge in [0.15, 0.2) is 5.78 Å². The molecular weight excluding hydrogens is 389 g/mol. The van der Waals surface area contributed by atoms with Gasteiger partial charge in [-0.3, -0.25) is 9.59 Å². The normalized spacial score (nSPS) is 14.3. The Kier molecular flexibility index (Phi) is 4.38. The van der Waals surface area contributed by atoms with E-state index in [0.717, 1.165) is 0 Å². The summed E-state index contributed by atoms with van der Waals surface area (Å²) in [7, 11) is -9.99.